The van der Waals surface area contributed by atoms with Gasteiger partial charge in [0.05, 0.1) is 0 Å². The average molecular weight is 245 g/mol. The number of alkyl halides is 2. The third kappa shape index (κ3) is 4.20. The molecule has 1 aliphatic heterocycles. The van der Waals surface area contributed by atoms with Crippen LogP contribution in [-0.4, -0.2) is 18.5 Å². The first-order chi connectivity index (χ1) is 8.05. The highest BCUT2D eigenvalue weighted by Crippen LogP contribution is 2.42. The molecule has 0 aromatic rings. The maximum absolute atomic E-state index is 13.1. The first kappa shape index (κ1) is 13.3. The summed E-state index contributed by atoms with van der Waals surface area (Å²) in [6.07, 6.45) is 7.03. The molecule has 1 aliphatic carbocycles. The molecule has 2 aliphatic rings. The maximum Gasteiger partial charge on any atom is 0.248 e. The van der Waals surface area contributed by atoms with Gasteiger partial charge in [0.25, 0.3) is 0 Å². The van der Waals surface area contributed by atoms with E-state index < -0.39 is 5.92 Å². The molecule has 0 spiro atoms. The molecule has 1 saturated heterocycles. The Morgan fingerprint density at radius 3 is 2.65 bits per heavy atom. The smallest absolute Gasteiger partial charge is 0.248 e. The van der Waals surface area contributed by atoms with Crippen LogP contribution in [-0.2, 0) is 0 Å². The van der Waals surface area contributed by atoms with Crippen LogP contribution in [0.1, 0.15) is 58.3 Å². The van der Waals surface area contributed by atoms with Crippen molar-refractivity contribution < 1.29 is 8.78 Å². The zero-order valence-electron chi connectivity index (χ0n) is 10.9. The van der Waals surface area contributed by atoms with Crippen LogP contribution in [0.3, 0.4) is 0 Å². The topological polar surface area (TPSA) is 12.0 Å². The van der Waals surface area contributed by atoms with Gasteiger partial charge in [0, 0.05) is 18.9 Å². The Labute approximate surface area is 103 Å². The standard InChI is InChI=1S/C14H25F2N/c1-11(9-13-4-2-3-7-17-13)8-12-5-6-14(15,16)10-12/h11-13,17H,2-10H2,1H3. The fourth-order valence-electron chi connectivity index (χ4n) is 3.52. The third-order valence-electron chi connectivity index (χ3n) is 4.34. The van der Waals surface area contributed by atoms with Crippen molar-refractivity contribution in [1.82, 2.24) is 5.32 Å². The van der Waals surface area contributed by atoms with E-state index in [1.807, 2.05) is 0 Å². The molecule has 1 N–H and O–H groups in total. The van der Waals surface area contributed by atoms with Crippen LogP contribution in [0, 0.1) is 11.8 Å². The first-order valence-electron chi connectivity index (χ1n) is 7.16. The lowest BCUT2D eigenvalue weighted by Gasteiger charge is -2.27. The molecule has 0 bridgehead atoms. The monoisotopic (exact) mass is 245 g/mol. The highest BCUT2D eigenvalue weighted by Gasteiger charge is 2.39. The lowest BCUT2D eigenvalue weighted by atomic mass is 9.87. The minimum absolute atomic E-state index is 0.117. The Morgan fingerprint density at radius 2 is 2.06 bits per heavy atom. The molecule has 2 fully saturated rings. The van der Waals surface area contributed by atoms with Crippen molar-refractivity contribution in [3.05, 3.63) is 0 Å². The molecule has 0 radical (unpaired) electrons. The van der Waals surface area contributed by atoms with Gasteiger partial charge in [0.1, 0.15) is 0 Å². The van der Waals surface area contributed by atoms with Crippen molar-refractivity contribution >= 4 is 0 Å². The minimum Gasteiger partial charge on any atom is -0.314 e. The summed E-state index contributed by atoms with van der Waals surface area (Å²) in [4.78, 5) is 0. The zero-order chi connectivity index (χ0) is 12.3. The highest BCUT2D eigenvalue weighted by molar-refractivity contribution is 4.83. The van der Waals surface area contributed by atoms with Crippen molar-refractivity contribution in [1.29, 1.82) is 0 Å². The minimum atomic E-state index is -2.37. The van der Waals surface area contributed by atoms with Gasteiger partial charge in [-0.05, 0) is 50.5 Å². The van der Waals surface area contributed by atoms with Crippen LogP contribution >= 0.6 is 0 Å². The van der Waals surface area contributed by atoms with E-state index in [0.29, 0.717) is 12.0 Å². The number of rotatable bonds is 4. The van der Waals surface area contributed by atoms with Crippen LogP contribution in [0.15, 0.2) is 0 Å². The predicted molar refractivity (Wildman–Crippen MR) is 66.3 cm³/mol. The van der Waals surface area contributed by atoms with Crippen molar-refractivity contribution in [2.75, 3.05) is 6.54 Å². The lowest BCUT2D eigenvalue weighted by Crippen LogP contribution is -2.35. The van der Waals surface area contributed by atoms with Crippen molar-refractivity contribution in [3.63, 3.8) is 0 Å². The second-order valence-corrected chi connectivity index (χ2v) is 6.19. The Balaban J connectivity index is 1.68. The fraction of sp³-hybridized carbons (Fsp3) is 1.00. The Kier molecular flexibility index (Phi) is 4.40. The van der Waals surface area contributed by atoms with E-state index in [1.165, 1.54) is 25.7 Å². The van der Waals surface area contributed by atoms with Crippen molar-refractivity contribution in [2.24, 2.45) is 11.8 Å². The van der Waals surface area contributed by atoms with E-state index >= 15 is 0 Å². The normalized spacial score (nSPS) is 34.8. The van der Waals surface area contributed by atoms with Gasteiger partial charge in [-0.25, -0.2) is 8.78 Å². The molecule has 0 amide bonds. The second kappa shape index (κ2) is 5.64. The molecule has 1 heterocycles. The SMILES string of the molecule is CC(CC1CCC(F)(F)C1)CC1CCCCN1. The lowest BCUT2D eigenvalue weighted by molar-refractivity contribution is 0.00405. The largest absolute Gasteiger partial charge is 0.314 e. The quantitative estimate of drug-likeness (QED) is 0.790. The first-order valence-corrected chi connectivity index (χ1v) is 7.16. The molecular formula is C14H25F2N. The Bertz CT molecular complexity index is 236. The van der Waals surface area contributed by atoms with E-state index in [2.05, 4.69) is 12.2 Å². The Hall–Kier alpha value is -0.180. The fourth-order valence-corrected chi connectivity index (χ4v) is 3.52. The van der Waals surface area contributed by atoms with Crippen molar-refractivity contribution in [2.45, 2.75) is 70.3 Å². The highest BCUT2D eigenvalue weighted by atomic mass is 19.3. The molecule has 3 heteroatoms. The van der Waals surface area contributed by atoms with Crippen LogP contribution in [0.2, 0.25) is 0 Å². The molecule has 1 nitrogen and oxygen atoms in total. The number of hydrogen-bond donors (Lipinski definition) is 1. The summed E-state index contributed by atoms with van der Waals surface area (Å²) in [5, 5.41) is 3.54. The summed E-state index contributed by atoms with van der Waals surface area (Å²) >= 11 is 0. The zero-order valence-corrected chi connectivity index (χ0v) is 10.9. The molecule has 17 heavy (non-hydrogen) atoms. The number of piperidine rings is 1. The summed E-state index contributed by atoms with van der Waals surface area (Å²) in [6.45, 7) is 3.37. The van der Waals surface area contributed by atoms with Gasteiger partial charge in [-0.1, -0.05) is 13.3 Å². The predicted octanol–water partition coefficient (Wildman–Crippen LogP) is 3.98. The van der Waals surface area contributed by atoms with Gasteiger partial charge in [-0.15, -0.1) is 0 Å². The van der Waals surface area contributed by atoms with Gasteiger partial charge in [0.2, 0.25) is 5.92 Å². The van der Waals surface area contributed by atoms with E-state index in [9.17, 15) is 8.78 Å². The van der Waals surface area contributed by atoms with Crippen LogP contribution < -0.4 is 5.32 Å². The number of hydrogen-bond acceptors (Lipinski definition) is 1. The summed E-state index contributed by atoms with van der Waals surface area (Å²) < 4.78 is 26.2. The molecular weight excluding hydrogens is 220 g/mol. The van der Waals surface area contributed by atoms with Gasteiger partial charge in [-0.3, -0.25) is 0 Å². The second-order valence-electron chi connectivity index (χ2n) is 6.19. The van der Waals surface area contributed by atoms with E-state index in [1.54, 1.807) is 0 Å². The van der Waals surface area contributed by atoms with Gasteiger partial charge < -0.3 is 5.32 Å². The van der Waals surface area contributed by atoms with Gasteiger partial charge in [0.15, 0.2) is 0 Å². The number of halogens is 2. The summed E-state index contributed by atoms with van der Waals surface area (Å²) in [5.74, 6) is -1.51. The third-order valence-corrected chi connectivity index (χ3v) is 4.34. The van der Waals surface area contributed by atoms with Gasteiger partial charge >= 0.3 is 0 Å². The summed E-state index contributed by atoms with van der Waals surface area (Å²) in [5.41, 5.74) is 0. The van der Waals surface area contributed by atoms with Crippen molar-refractivity contribution in [3.8, 4) is 0 Å². The maximum atomic E-state index is 13.1. The van der Waals surface area contributed by atoms with E-state index in [0.717, 1.165) is 19.4 Å². The van der Waals surface area contributed by atoms with Gasteiger partial charge in [-0.2, -0.15) is 0 Å². The Morgan fingerprint density at radius 1 is 1.24 bits per heavy atom. The molecule has 2 rings (SSSR count). The molecule has 0 aromatic carbocycles. The van der Waals surface area contributed by atoms with Crippen LogP contribution in [0.4, 0.5) is 8.78 Å². The molecule has 3 atom stereocenters. The van der Waals surface area contributed by atoms with Crippen LogP contribution in [0.25, 0.3) is 0 Å². The summed E-state index contributed by atoms with van der Waals surface area (Å²) in [7, 11) is 0. The number of nitrogens with one attached hydrogen (secondary N) is 1. The molecule has 1 saturated carbocycles. The summed E-state index contributed by atoms with van der Waals surface area (Å²) in [6, 6.07) is 0.640. The molecule has 100 valence electrons. The molecule has 3 unspecified atom stereocenters. The van der Waals surface area contributed by atoms with E-state index in [-0.39, 0.29) is 18.8 Å². The van der Waals surface area contributed by atoms with Crippen LogP contribution in [0.5, 0.6) is 0 Å². The average Bonchev–Trinajstić information content (AvgIpc) is 2.59. The van der Waals surface area contributed by atoms with E-state index in [4.69, 9.17) is 0 Å². The molecule has 0 aromatic heterocycles.